The van der Waals surface area contributed by atoms with Gasteiger partial charge in [0.25, 0.3) is 0 Å². The molecule has 150 valence electrons. The van der Waals surface area contributed by atoms with Crippen molar-refractivity contribution >= 4 is 5.91 Å². The van der Waals surface area contributed by atoms with Crippen LogP contribution in [-0.2, 0) is 35.6 Å². The van der Waals surface area contributed by atoms with Crippen molar-refractivity contribution in [2.75, 3.05) is 19.7 Å². The molecule has 1 aromatic heterocycles. The first kappa shape index (κ1) is 19.2. The first-order valence-electron chi connectivity index (χ1n) is 10.5. The number of carbonyl (C=O) groups is 1. The maximum atomic E-state index is 13.0. The zero-order valence-corrected chi connectivity index (χ0v) is 16.5. The van der Waals surface area contributed by atoms with Gasteiger partial charge in [-0.3, -0.25) is 9.48 Å². The summed E-state index contributed by atoms with van der Waals surface area (Å²) in [6, 6.07) is 12.4. The fourth-order valence-corrected chi connectivity index (χ4v) is 4.03. The third kappa shape index (κ3) is 5.00. The smallest absolute Gasteiger partial charge is 0.223 e. The van der Waals surface area contributed by atoms with Crippen LogP contribution in [0.4, 0.5) is 0 Å². The summed E-state index contributed by atoms with van der Waals surface area (Å²) in [6.45, 7) is 4.98. The molecule has 1 saturated heterocycles. The number of aryl methyl sites for hydroxylation is 2. The second kappa shape index (κ2) is 9.34. The third-order valence-electron chi connectivity index (χ3n) is 5.56. The molecule has 0 aliphatic carbocycles. The number of nitrogens with one attached hydrogen (secondary N) is 1. The Bertz CT molecular complexity index is 745. The molecule has 0 radical (unpaired) electrons. The maximum Gasteiger partial charge on any atom is 0.223 e. The van der Waals surface area contributed by atoms with Crippen molar-refractivity contribution in [3.05, 3.63) is 53.3 Å². The monoisotopic (exact) mass is 382 g/mol. The minimum atomic E-state index is 0.169. The molecule has 0 bridgehead atoms. The Morgan fingerprint density at radius 3 is 3.00 bits per heavy atom. The van der Waals surface area contributed by atoms with Gasteiger partial charge in [-0.1, -0.05) is 30.3 Å². The van der Waals surface area contributed by atoms with Gasteiger partial charge in [0.05, 0.1) is 17.5 Å². The maximum absolute atomic E-state index is 13.0. The molecular formula is C22H30N4O2. The van der Waals surface area contributed by atoms with E-state index >= 15 is 0 Å². The fraction of sp³-hybridized carbons (Fsp3) is 0.545. The molecule has 0 saturated carbocycles. The molecule has 4 rings (SSSR count). The topological polar surface area (TPSA) is 59.4 Å². The van der Waals surface area contributed by atoms with E-state index in [1.807, 2.05) is 23.1 Å². The zero-order valence-electron chi connectivity index (χ0n) is 16.5. The van der Waals surface area contributed by atoms with Crippen LogP contribution in [0.25, 0.3) is 0 Å². The highest BCUT2D eigenvalue weighted by molar-refractivity contribution is 5.76. The second-order valence-electron chi connectivity index (χ2n) is 7.78. The molecule has 1 atom stereocenters. The van der Waals surface area contributed by atoms with Gasteiger partial charge >= 0.3 is 0 Å². The Morgan fingerprint density at radius 1 is 1.29 bits per heavy atom. The first-order chi connectivity index (χ1) is 13.8. The van der Waals surface area contributed by atoms with Crippen LogP contribution in [0.1, 0.15) is 42.6 Å². The van der Waals surface area contributed by atoms with Crippen LogP contribution >= 0.6 is 0 Å². The van der Waals surface area contributed by atoms with E-state index in [1.54, 1.807) is 0 Å². The standard InChI is InChI=1S/C22H30N4O2/c27-22(10-9-19-14-20-15-23-11-5-12-26(20)24-19)25(17-21-8-4-13-28-21)16-18-6-2-1-3-7-18/h1-3,6-7,14,21,23H,4-5,8-13,15-17H2/t21-/m1/s1. The summed E-state index contributed by atoms with van der Waals surface area (Å²) in [5, 5.41) is 8.13. The number of amides is 1. The zero-order chi connectivity index (χ0) is 19.2. The SMILES string of the molecule is O=C(CCc1cc2n(n1)CCCNC2)N(Cc1ccccc1)C[C@H]1CCCO1. The molecular weight excluding hydrogens is 352 g/mol. The van der Waals surface area contributed by atoms with Crippen molar-refractivity contribution in [2.45, 2.75) is 57.8 Å². The van der Waals surface area contributed by atoms with Crippen molar-refractivity contribution < 1.29 is 9.53 Å². The Kier molecular flexibility index (Phi) is 6.39. The van der Waals surface area contributed by atoms with Crippen molar-refractivity contribution in [1.29, 1.82) is 0 Å². The molecule has 3 heterocycles. The summed E-state index contributed by atoms with van der Waals surface area (Å²) in [6.07, 6.45) is 4.58. The van der Waals surface area contributed by atoms with Crippen LogP contribution in [0, 0.1) is 0 Å². The van der Waals surface area contributed by atoms with Gasteiger partial charge in [-0.25, -0.2) is 0 Å². The van der Waals surface area contributed by atoms with E-state index < -0.39 is 0 Å². The molecule has 0 spiro atoms. The summed E-state index contributed by atoms with van der Waals surface area (Å²) in [5.74, 6) is 0.181. The number of carbonyl (C=O) groups excluding carboxylic acids is 1. The molecule has 2 aliphatic heterocycles. The van der Waals surface area contributed by atoms with Gasteiger partial charge in [-0.2, -0.15) is 5.10 Å². The third-order valence-corrected chi connectivity index (χ3v) is 5.56. The van der Waals surface area contributed by atoms with E-state index in [2.05, 4.69) is 28.2 Å². The molecule has 28 heavy (non-hydrogen) atoms. The van der Waals surface area contributed by atoms with Crippen molar-refractivity contribution in [3.63, 3.8) is 0 Å². The van der Waals surface area contributed by atoms with Crippen LogP contribution in [0.3, 0.4) is 0 Å². The van der Waals surface area contributed by atoms with Gasteiger partial charge in [-0.05, 0) is 37.4 Å². The van der Waals surface area contributed by atoms with Gasteiger partial charge in [0, 0.05) is 45.6 Å². The van der Waals surface area contributed by atoms with Crippen LogP contribution < -0.4 is 5.32 Å². The average Bonchev–Trinajstić information content (AvgIpc) is 3.31. The lowest BCUT2D eigenvalue weighted by atomic mass is 10.1. The highest BCUT2D eigenvalue weighted by Gasteiger charge is 2.23. The van der Waals surface area contributed by atoms with E-state index in [4.69, 9.17) is 9.84 Å². The van der Waals surface area contributed by atoms with Crippen molar-refractivity contribution in [1.82, 2.24) is 20.0 Å². The molecule has 1 aromatic carbocycles. The summed E-state index contributed by atoms with van der Waals surface area (Å²) >= 11 is 0. The Hall–Kier alpha value is -2.18. The van der Waals surface area contributed by atoms with Crippen LogP contribution in [0.5, 0.6) is 0 Å². The Labute approximate surface area is 166 Å². The number of nitrogens with zero attached hydrogens (tertiary/aromatic N) is 3. The van der Waals surface area contributed by atoms with Gasteiger partial charge < -0.3 is 15.0 Å². The largest absolute Gasteiger partial charge is 0.376 e. The molecule has 2 aliphatic rings. The molecule has 2 aromatic rings. The molecule has 1 N–H and O–H groups in total. The highest BCUT2D eigenvalue weighted by Crippen LogP contribution is 2.17. The van der Waals surface area contributed by atoms with Gasteiger partial charge in [0.1, 0.15) is 0 Å². The van der Waals surface area contributed by atoms with Crippen molar-refractivity contribution in [3.8, 4) is 0 Å². The molecule has 1 amide bonds. The van der Waals surface area contributed by atoms with E-state index in [9.17, 15) is 4.79 Å². The van der Waals surface area contributed by atoms with Crippen LogP contribution in [0.15, 0.2) is 36.4 Å². The number of hydrogen-bond donors (Lipinski definition) is 1. The van der Waals surface area contributed by atoms with E-state index in [-0.39, 0.29) is 12.0 Å². The lowest BCUT2D eigenvalue weighted by Crippen LogP contribution is -2.37. The van der Waals surface area contributed by atoms with Gasteiger partial charge in [0.15, 0.2) is 0 Å². The molecule has 6 heteroatoms. The number of aromatic nitrogens is 2. The Morgan fingerprint density at radius 2 is 2.18 bits per heavy atom. The van der Waals surface area contributed by atoms with Crippen molar-refractivity contribution in [2.24, 2.45) is 0 Å². The number of benzene rings is 1. The predicted molar refractivity (Wildman–Crippen MR) is 108 cm³/mol. The lowest BCUT2D eigenvalue weighted by molar-refractivity contribution is -0.133. The number of hydrogen-bond acceptors (Lipinski definition) is 4. The van der Waals surface area contributed by atoms with Crippen LogP contribution in [0.2, 0.25) is 0 Å². The first-order valence-corrected chi connectivity index (χ1v) is 10.5. The predicted octanol–water partition coefficient (Wildman–Crippen LogP) is 2.52. The fourth-order valence-electron chi connectivity index (χ4n) is 4.03. The molecule has 6 nitrogen and oxygen atoms in total. The minimum Gasteiger partial charge on any atom is -0.376 e. The average molecular weight is 383 g/mol. The highest BCUT2D eigenvalue weighted by atomic mass is 16.5. The Balaban J connectivity index is 1.38. The second-order valence-corrected chi connectivity index (χ2v) is 7.78. The lowest BCUT2D eigenvalue weighted by Gasteiger charge is -2.25. The summed E-state index contributed by atoms with van der Waals surface area (Å²) in [7, 11) is 0. The van der Waals surface area contributed by atoms with Gasteiger partial charge in [0.2, 0.25) is 5.91 Å². The molecule has 0 unspecified atom stereocenters. The minimum absolute atomic E-state index is 0.169. The summed E-state index contributed by atoms with van der Waals surface area (Å²) in [4.78, 5) is 15.0. The number of ether oxygens (including phenoxy) is 1. The van der Waals surface area contributed by atoms with Gasteiger partial charge in [-0.15, -0.1) is 0 Å². The van der Waals surface area contributed by atoms with Crippen LogP contribution in [-0.4, -0.2) is 46.4 Å². The van der Waals surface area contributed by atoms with E-state index in [0.29, 0.717) is 25.9 Å². The van der Waals surface area contributed by atoms with E-state index in [1.165, 1.54) is 5.69 Å². The summed E-state index contributed by atoms with van der Waals surface area (Å²) < 4.78 is 7.88. The molecule has 1 fully saturated rings. The normalized spacial score (nSPS) is 19.2. The number of fused-ring (bicyclic) bond motifs is 1. The quantitative estimate of drug-likeness (QED) is 0.799. The van der Waals surface area contributed by atoms with E-state index in [0.717, 1.165) is 56.8 Å². The number of rotatable bonds is 7. The summed E-state index contributed by atoms with van der Waals surface area (Å²) in [5.41, 5.74) is 3.40.